The number of nitrogens with one attached hydrogen (secondary N) is 1. The van der Waals surface area contributed by atoms with Crippen LogP contribution in [0.4, 0.5) is 0 Å². The second-order valence-corrected chi connectivity index (χ2v) is 7.20. The molecule has 0 unspecified atom stereocenters. The minimum absolute atomic E-state index is 0.107. The van der Waals surface area contributed by atoms with Crippen molar-refractivity contribution in [2.45, 2.75) is 31.8 Å². The summed E-state index contributed by atoms with van der Waals surface area (Å²) in [7, 11) is 0. The van der Waals surface area contributed by atoms with Gasteiger partial charge in [-0.2, -0.15) is 0 Å². The second kappa shape index (κ2) is 9.00. The Hall–Kier alpha value is -1.65. The highest BCUT2D eigenvalue weighted by Gasteiger charge is 2.14. The molecule has 24 heavy (non-hydrogen) atoms. The van der Waals surface area contributed by atoms with E-state index in [4.69, 9.17) is 16.3 Å². The molecule has 0 bridgehead atoms. The molecule has 3 nitrogen and oxygen atoms in total. The molecular weight excluding hydrogens is 342 g/mol. The van der Waals surface area contributed by atoms with Crippen LogP contribution in [0.15, 0.2) is 47.4 Å². The van der Waals surface area contributed by atoms with Crippen molar-refractivity contribution in [2.24, 2.45) is 0 Å². The Labute approximate surface area is 152 Å². The van der Waals surface area contributed by atoms with Gasteiger partial charge in [-0.05, 0) is 68.3 Å². The zero-order chi connectivity index (χ0) is 17.5. The van der Waals surface area contributed by atoms with Gasteiger partial charge in [-0.15, -0.1) is 11.8 Å². The van der Waals surface area contributed by atoms with Crippen LogP contribution in [0, 0.1) is 13.8 Å². The quantitative estimate of drug-likeness (QED) is 0.575. The van der Waals surface area contributed by atoms with Crippen LogP contribution in [-0.2, 0) is 4.79 Å². The minimum atomic E-state index is -0.521. The first kappa shape index (κ1) is 18.7. The lowest BCUT2D eigenvalue weighted by molar-refractivity contribution is -0.127. The van der Waals surface area contributed by atoms with Gasteiger partial charge in [0.15, 0.2) is 6.10 Å². The number of aryl methyl sites for hydroxylation is 2. The molecule has 1 atom stereocenters. The van der Waals surface area contributed by atoms with Gasteiger partial charge < -0.3 is 10.1 Å². The van der Waals surface area contributed by atoms with Crippen molar-refractivity contribution in [3.05, 3.63) is 58.6 Å². The van der Waals surface area contributed by atoms with Gasteiger partial charge in [0.05, 0.1) is 0 Å². The highest BCUT2D eigenvalue weighted by atomic mass is 35.5. The van der Waals surface area contributed by atoms with E-state index in [2.05, 4.69) is 5.32 Å². The van der Waals surface area contributed by atoms with E-state index in [0.717, 1.165) is 27.0 Å². The first-order valence-electron chi connectivity index (χ1n) is 7.85. The van der Waals surface area contributed by atoms with Gasteiger partial charge in [0.2, 0.25) is 0 Å². The van der Waals surface area contributed by atoms with Crippen LogP contribution in [-0.4, -0.2) is 24.3 Å². The molecule has 1 N–H and O–H groups in total. The average Bonchev–Trinajstić information content (AvgIpc) is 2.56. The monoisotopic (exact) mass is 363 g/mol. The van der Waals surface area contributed by atoms with E-state index < -0.39 is 6.10 Å². The van der Waals surface area contributed by atoms with Crippen LogP contribution < -0.4 is 10.1 Å². The number of rotatable bonds is 7. The molecule has 2 rings (SSSR count). The summed E-state index contributed by atoms with van der Waals surface area (Å²) >= 11 is 7.53. The van der Waals surface area contributed by atoms with Crippen molar-refractivity contribution < 1.29 is 9.53 Å². The summed E-state index contributed by atoms with van der Waals surface area (Å²) in [5.74, 6) is 1.41. The molecule has 128 valence electrons. The van der Waals surface area contributed by atoms with Crippen molar-refractivity contribution in [3.63, 3.8) is 0 Å². The molecule has 2 aromatic rings. The molecule has 0 fully saturated rings. The Kier molecular flexibility index (Phi) is 7.00. The van der Waals surface area contributed by atoms with Crippen molar-refractivity contribution in [2.75, 3.05) is 12.3 Å². The largest absolute Gasteiger partial charge is 0.481 e. The summed E-state index contributed by atoms with van der Waals surface area (Å²) in [4.78, 5) is 13.2. The fourth-order valence-corrected chi connectivity index (χ4v) is 2.96. The van der Waals surface area contributed by atoms with Gasteiger partial charge in [-0.1, -0.05) is 17.7 Å². The lowest BCUT2D eigenvalue weighted by atomic mass is 10.1. The van der Waals surface area contributed by atoms with E-state index in [-0.39, 0.29) is 5.91 Å². The minimum Gasteiger partial charge on any atom is -0.481 e. The summed E-state index contributed by atoms with van der Waals surface area (Å²) in [5.41, 5.74) is 2.36. The van der Waals surface area contributed by atoms with Crippen LogP contribution in [0.25, 0.3) is 0 Å². The summed E-state index contributed by atoms with van der Waals surface area (Å²) < 4.78 is 5.71. The highest BCUT2D eigenvalue weighted by molar-refractivity contribution is 7.99. The Balaban J connectivity index is 1.73. The Bertz CT molecular complexity index is 688. The van der Waals surface area contributed by atoms with E-state index in [1.54, 1.807) is 18.7 Å². The average molecular weight is 364 g/mol. The predicted octanol–water partition coefficient (Wildman–Crippen LogP) is 4.63. The van der Waals surface area contributed by atoms with E-state index in [1.165, 1.54) is 5.56 Å². The second-order valence-electron chi connectivity index (χ2n) is 5.60. The molecular formula is C19H22ClNO2S. The molecule has 0 radical (unpaired) electrons. The zero-order valence-corrected chi connectivity index (χ0v) is 15.7. The molecule has 0 saturated carbocycles. The molecule has 0 aliphatic heterocycles. The molecule has 0 spiro atoms. The van der Waals surface area contributed by atoms with Gasteiger partial charge in [-0.25, -0.2) is 0 Å². The number of hydrogen-bond donors (Lipinski definition) is 1. The number of amides is 1. The van der Waals surface area contributed by atoms with Gasteiger partial charge >= 0.3 is 0 Å². The summed E-state index contributed by atoms with van der Waals surface area (Å²) in [5, 5.41) is 3.63. The summed E-state index contributed by atoms with van der Waals surface area (Å²) in [6.07, 6.45) is -0.521. The number of benzene rings is 2. The summed E-state index contributed by atoms with van der Waals surface area (Å²) in [6.45, 7) is 6.43. The smallest absolute Gasteiger partial charge is 0.260 e. The van der Waals surface area contributed by atoms with E-state index >= 15 is 0 Å². The molecule has 5 heteroatoms. The Morgan fingerprint density at radius 2 is 1.88 bits per heavy atom. The van der Waals surface area contributed by atoms with Gasteiger partial charge in [0.1, 0.15) is 5.75 Å². The number of ether oxygens (including phenoxy) is 1. The van der Waals surface area contributed by atoms with Crippen LogP contribution in [0.3, 0.4) is 0 Å². The van der Waals surface area contributed by atoms with Crippen LogP contribution in [0.2, 0.25) is 5.02 Å². The maximum absolute atomic E-state index is 12.1. The third kappa shape index (κ3) is 5.77. The molecule has 0 aliphatic rings. The fourth-order valence-electron chi connectivity index (χ4n) is 2.06. The first-order chi connectivity index (χ1) is 11.5. The molecule has 0 heterocycles. The van der Waals surface area contributed by atoms with Crippen LogP contribution in [0.1, 0.15) is 18.1 Å². The van der Waals surface area contributed by atoms with Gasteiger partial charge in [0, 0.05) is 22.2 Å². The molecule has 2 aromatic carbocycles. The van der Waals surface area contributed by atoms with E-state index in [9.17, 15) is 4.79 Å². The lowest BCUT2D eigenvalue weighted by Gasteiger charge is -2.15. The number of hydrogen-bond acceptors (Lipinski definition) is 3. The maximum atomic E-state index is 12.1. The van der Waals surface area contributed by atoms with Gasteiger partial charge in [-0.3, -0.25) is 4.79 Å². The topological polar surface area (TPSA) is 38.3 Å². The molecule has 0 aliphatic carbocycles. The molecule has 1 amide bonds. The SMILES string of the molecule is Cc1ccc(O[C@H](C)C(=O)NCCSc2ccc(Cl)cc2)cc1C. The van der Waals surface area contributed by atoms with Crippen LogP contribution in [0.5, 0.6) is 5.75 Å². The standard InChI is InChI=1S/C19H22ClNO2S/c1-13-4-7-17(12-14(13)2)23-15(3)19(22)21-10-11-24-18-8-5-16(20)6-9-18/h4-9,12,15H,10-11H2,1-3H3,(H,21,22)/t15-/m1/s1. The molecule has 0 aromatic heterocycles. The van der Waals surface area contributed by atoms with E-state index in [1.807, 2.05) is 56.3 Å². The lowest BCUT2D eigenvalue weighted by Crippen LogP contribution is -2.37. The van der Waals surface area contributed by atoms with Crippen molar-refractivity contribution in [1.29, 1.82) is 0 Å². The Morgan fingerprint density at radius 1 is 1.17 bits per heavy atom. The maximum Gasteiger partial charge on any atom is 0.260 e. The first-order valence-corrected chi connectivity index (χ1v) is 9.22. The zero-order valence-electron chi connectivity index (χ0n) is 14.1. The number of carbonyl (C=O) groups excluding carboxylic acids is 1. The number of thioether (sulfide) groups is 1. The Morgan fingerprint density at radius 3 is 2.54 bits per heavy atom. The number of carbonyl (C=O) groups is 1. The predicted molar refractivity (Wildman–Crippen MR) is 101 cm³/mol. The number of halogens is 1. The third-order valence-corrected chi connectivity index (χ3v) is 4.91. The van der Waals surface area contributed by atoms with Crippen LogP contribution >= 0.6 is 23.4 Å². The fraction of sp³-hybridized carbons (Fsp3) is 0.316. The van der Waals surface area contributed by atoms with E-state index in [0.29, 0.717) is 6.54 Å². The van der Waals surface area contributed by atoms with Crippen molar-refractivity contribution in [3.8, 4) is 5.75 Å². The summed E-state index contributed by atoms with van der Waals surface area (Å²) in [6, 6.07) is 13.5. The van der Waals surface area contributed by atoms with Crippen molar-refractivity contribution in [1.82, 2.24) is 5.32 Å². The normalized spacial score (nSPS) is 11.8. The highest BCUT2D eigenvalue weighted by Crippen LogP contribution is 2.20. The molecule has 0 saturated heterocycles. The van der Waals surface area contributed by atoms with Crippen molar-refractivity contribution >= 4 is 29.3 Å². The van der Waals surface area contributed by atoms with Gasteiger partial charge in [0.25, 0.3) is 5.91 Å². The third-order valence-electron chi connectivity index (χ3n) is 3.64.